The molecule has 184 valence electrons. The standard InChI is InChI=1S/C21H24ClN3O6S3/c1-12(26)24-10-8-13-15(11-24)32-20(18(13)21(28)31-2)23-19(27)14-5-3-4-9-25(14)34(29,30)17-7-6-16(22)33-17/h6-7,14H,3-5,8-11H2,1-2H3,(H,23,27). The number of amides is 2. The Morgan fingerprint density at radius 1 is 1.18 bits per heavy atom. The van der Waals surface area contributed by atoms with E-state index in [0.717, 1.165) is 21.8 Å². The van der Waals surface area contributed by atoms with Gasteiger partial charge in [0.25, 0.3) is 10.0 Å². The molecule has 0 aromatic carbocycles. The molecule has 0 bridgehead atoms. The Kier molecular flexibility index (Phi) is 7.34. The Morgan fingerprint density at radius 3 is 2.59 bits per heavy atom. The van der Waals surface area contributed by atoms with Gasteiger partial charge in [-0.25, -0.2) is 13.2 Å². The fourth-order valence-electron chi connectivity index (χ4n) is 4.28. The third-order valence-corrected chi connectivity index (χ3v) is 10.7. The molecule has 0 spiro atoms. The summed E-state index contributed by atoms with van der Waals surface area (Å²) >= 11 is 8.11. The molecule has 0 radical (unpaired) electrons. The first-order chi connectivity index (χ1) is 16.1. The molecule has 0 aliphatic carbocycles. The number of rotatable bonds is 5. The highest BCUT2D eigenvalue weighted by atomic mass is 35.5. The zero-order chi connectivity index (χ0) is 24.6. The van der Waals surface area contributed by atoms with Crippen LogP contribution in [0.4, 0.5) is 5.00 Å². The normalized spacial score (nSPS) is 18.9. The van der Waals surface area contributed by atoms with Gasteiger partial charge < -0.3 is 15.0 Å². The maximum absolute atomic E-state index is 13.4. The monoisotopic (exact) mass is 545 g/mol. The molecule has 13 heteroatoms. The topological polar surface area (TPSA) is 113 Å². The molecule has 2 aliphatic rings. The number of fused-ring (bicyclic) bond motifs is 1. The van der Waals surface area contributed by atoms with Gasteiger partial charge in [0.05, 0.1) is 23.6 Å². The second kappa shape index (κ2) is 9.94. The molecular weight excluding hydrogens is 522 g/mol. The SMILES string of the molecule is COC(=O)c1c(NC(=O)C2CCCCN2S(=O)(=O)c2ccc(Cl)s2)sc2c1CCN(C(C)=O)C2. The van der Waals surface area contributed by atoms with Crippen LogP contribution in [0.1, 0.15) is 47.0 Å². The van der Waals surface area contributed by atoms with E-state index in [1.54, 1.807) is 4.90 Å². The van der Waals surface area contributed by atoms with Crippen molar-refractivity contribution < 1.29 is 27.5 Å². The lowest BCUT2D eigenvalue weighted by Gasteiger charge is -2.33. The number of carbonyl (C=O) groups is 3. The molecule has 9 nitrogen and oxygen atoms in total. The molecular formula is C21H24ClN3O6S3. The van der Waals surface area contributed by atoms with Crippen LogP contribution in [0.15, 0.2) is 16.3 Å². The molecule has 4 heterocycles. The summed E-state index contributed by atoms with van der Waals surface area (Å²) in [7, 11) is -2.64. The predicted molar refractivity (Wildman–Crippen MR) is 130 cm³/mol. The van der Waals surface area contributed by atoms with Crippen molar-refractivity contribution in [3.8, 4) is 0 Å². The predicted octanol–water partition coefficient (Wildman–Crippen LogP) is 3.34. The van der Waals surface area contributed by atoms with Gasteiger partial charge in [-0.1, -0.05) is 18.0 Å². The molecule has 1 saturated heterocycles. The minimum absolute atomic E-state index is 0.0685. The summed E-state index contributed by atoms with van der Waals surface area (Å²) in [4.78, 5) is 40.2. The zero-order valence-electron chi connectivity index (χ0n) is 18.6. The molecule has 0 saturated carbocycles. The molecule has 1 fully saturated rings. The molecule has 2 aromatic heterocycles. The first kappa shape index (κ1) is 25.1. The van der Waals surface area contributed by atoms with Crippen LogP contribution < -0.4 is 5.32 Å². The number of hydrogen-bond donors (Lipinski definition) is 1. The largest absolute Gasteiger partial charge is 0.465 e. The average molecular weight is 546 g/mol. The maximum atomic E-state index is 13.4. The van der Waals surface area contributed by atoms with Crippen LogP contribution in [0.25, 0.3) is 0 Å². The molecule has 34 heavy (non-hydrogen) atoms. The van der Waals surface area contributed by atoms with Crippen molar-refractivity contribution in [2.24, 2.45) is 0 Å². The Labute approximate surface area is 210 Å². The molecule has 1 N–H and O–H groups in total. The molecule has 1 unspecified atom stereocenters. The van der Waals surface area contributed by atoms with Gasteiger partial charge in [0.2, 0.25) is 11.8 Å². The first-order valence-electron chi connectivity index (χ1n) is 10.7. The van der Waals surface area contributed by atoms with Gasteiger partial charge in [0.15, 0.2) is 0 Å². The molecule has 2 amide bonds. The van der Waals surface area contributed by atoms with E-state index in [1.165, 1.54) is 41.8 Å². The number of methoxy groups -OCH3 is 1. The van der Waals surface area contributed by atoms with Crippen molar-refractivity contribution in [2.45, 2.75) is 49.4 Å². The Balaban J connectivity index is 1.63. The van der Waals surface area contributed by atoms with Gasteiger partial charge in [0, 0.05) is 24.9 Å². The third-order valence-electron chi connectivity index (χ3n) is 6.00. The number of piperidine rings is 1. The summed E-state index contributed by atoms with van der Waals surface area (Å²) in [5.41, 5.74) is 1.03. The van der Waals surface area contributed by atoms with Crippen LogP contribution >= 0.6 is 34.3 Å². The van der Waals surface area contributed by atoms with Gasteiger partial charge in [-0.3, -0.25) is 9.59 Å². The lowest BCUT2D eigenvalue weighted by atomic mass is 10.0. The Hall–Kier alpha value is -1.99. The van der Waals surface area contributed by atoms with E-state index < -0.39 is 27.9 Å². The lowest BCUT2D eigenvalue weighted by Crippen LogP contribution is -2.49. The average Bonchev–Trinajstić information content (AvgIpc) is 3.41. The summed E-state index contributed by atoms with van der Waals surface area (Å²) in [6.07, 6.45) is 2.17. The van der Waals surface area contributed by atoms with Crippen LogP contribution in [0.5, 0.6) is 0 Å². The number of carbonyl (C=O) groups excluding carboxylic acids is 3. The van der Waals surface area contributed by atoms with Gasteiger partial charge >= 0.3 is 5.97 Å². The minimum atomic E-state index is -3.90. The number of nitrogens with zero attached hydrogens (tertiary/aromatic N) is 2. The molecule has 2 aromatic rings. The first-order valence-corrected chi connectivity index (χ1v) is 14.1. The van der Waals surface area contributed by atoms with E-state index in [9.17, 15) is 22.8 Å². The maximum Gasteiger partial charge on any atom is 0.341 e. The van der Waals surface area contributed by atoms with Crippen molar-refractivity contribution in [1.82, 2.24) is 9.21 Å². The Bertz CT molecular complexity index is 1240. The van der Waals surface area contributed by atoms with Crippen LogP contribution in [0.3, 0.4) is 0 Å². The van der Waals surface area contributed by atoms with E-state index in [1.807, 2.05) is 0 Å². The number of ether oxygens (including phenoxy) is 1. The second-order valence-electron chi connectivity index (χ2n) is 8.07. The highest BCUT2D eigenvalue weighted by Crippen LogP contribution is 2.38. The van der Waals surface area contributed by atoms with E-state index in [-0.39, 0.29) is 22.2 Å². The summed E-state index contributed by atoms with van der Waals surface area (Å²) in [5, 5.41) is 3.12. The molecule has 4 rings (SSSR count). The fraction of sp³-hybridized carbons (Fsp3) is 0.476. The van der Waals surface area contributed by atoms with E-state index in [4.69, 9.17) is 16.3 Å². The third kappa shape index (κ3) is 4.74. The summed E-state index contributed by atoms with van der Waals surface area (Å²) in [5.74, 6) is -1.15. The van der Waals surface area contributed by atoms with Crippen molar-refractivity contribution in [3.05, 3.63) is 32.5 Å². The number of nitrogens with one attached hydrogen (secondary N) is 1. The highest BCUT2D eigenvalue weighted by molar-refractivity contribution is 7.91. The summed E-state index contributed by atoms with van der Waals surface area (Å²) in [6, 6.07) is 2.04. The van der Waals surface area contributed by atoms with Crippen molar-refractivity contribution in [2.75, 3.05) is 25.5 Å². The molecule has 1 atom stereocenters. The number of anilines is 1. The minimum Gasteiger partial charge on any atom is -0.465 e. The highest BCUT2D eigenvalue weighted by Gasteiger charge is 2.39. The van der Waals surface area contributed by atoms with Crippen molar-refractivity contribution >= 4 is 67.1 Å². The van der Waals surface area contributed by atoms with Gasteiger partial charge in [-0.15, -0.1) is 22.7 Å². The van der Waals surface area contributed by atoms with E-state index in [2.05, 4.69) is 5.32 Å². The van der Waals surface area contributed by atoms with E-state index in [0.29, 0.717) is 48.1 Å². The number of halogens is 1. The second-order valence-corrected chi connectivity index (χ2v) is 13.0. The lowest BCUT2D eigenvalue weighted by molar-refractivity contribution is -0.129. The fourth-order valence-corrected chi connectivity index (χ4v) is 8.80. The van der Waals surface area contributed by atoms with Crippen LogP contribution in [-0.2, 0) is 37.3 Å². The molecule has 2 aliphatic heterocycles. The van der Waals surface area contributed by atoms with Crippen LogP contribution in [0.2, 0.25) is 4.34 Å². The van der Waals surface area contributed by atoms with Gasteiger partial charge in [-0.05, 0) is 37.0 Å². The number of esters is 1. The number of sulfonamides is 1. The van der Waals surface area contributed by atoms with E-state index >= 15 is 0 Å². The van der Waals surface area contributed by atoms with Crippen LogP contribution in [0, 0.1) is 0 Å². The zero-order valence-corrected chi connectivity index (χ0v) is 21.8. The van der Waals surface area contributed by atoms with Crippen LogP contribution in [-0.4, -0.2) is 61.6 Å². The van der Waals surface area contributed by atoms with Crippen molar-refractivity contribution in [1.29, 1.82) is 0 Å². The smallest absolute Gasteiger partial charge is 0.341 e. The van der Waals surface area contributed by atoms with Crippen molar-refractivity contribution in [3.63, 3.8) is 0 Å². The summed E-state index contributed by atoms with van der Waals surface area (Å²) in [6.45, 7) is 2.52. The van der Waals surface area contributed by atoms with Gasteiger partial charge in [-0.2, -0.15) is 4.31 Å². The Morgan fingerprint density at radius 2 is 1.94 bits per heavy atom. The van der Waals surface area contributed by atoms with Gasteiger partial charge in [0.1, 0.15) is 15.3 Å². The quantitative estimate of drug-likeness (QED) is 0.577. The number of hydrogen-bond acceptors (Lipinski definition) is 8. The summed E-state index contributed by atoms with van der Waals surface area (Å²) < 4.78 is 33.1. The number of thiophene rings is 2.